The second-order valence-corrected chi connectivity index (χ2v) is 7.98. The van der Waals surface area contributed by atoms with Crippen LogP contribution in [-0.4, -0.2) is 43.0 Å². The number of ether oxygens (including phenoxy) is 3. The molecule has 2 unspecified atom stereocenters. The molecule has 2 atom stereocenters. The summed E-state index contributed by atoms with van der Waals surface area (Å²) < 4.78 is 19.0. The highest BCUT2D eigenvalue weighted by molar-refractivity contribution is 5.90. The molecule has 0 spiro atoms. The van der Waals surface area contributed by atoms with E-state index in [-0.39, 0.29) is 55.2 Å². The smallest absolute Gasteiger partial charge is 0.417 e. The molecule has 1 fully saturated rings. The summed E-state index contributed by atoms with van der Waals surface area (Å²) in [5.41, 5.74) is 2.17. The van der Waals surface area contributed by atoms with Crippen molar-refractivity contribution in [2.75, 3.05) is 19.8 Å². The van der Waals surface area contributed by atoms with Gasteiger partial charge in [-0.2, -0.15) is 0 Å². The van der Waals surface area contributed by atoms with Gasteiger partial charge in [0.15, 0.2) is 12.5 Å². The van der Waals surface area contributed by atoms with Crippen molar-refractivity contribution in [3.05, 3.63) is 66.0 Å². The summed E-state index contributed by atoms with van der Waals surface area (Å²) >= 11 is 0. The van der Waals surface area contributed by atoms with Gasteiger partial charge in [-0.15, -0.1) is 0 Å². The lowest BCUT2D eigenvalue weighted by molar-refractivity contribution is -0.701. The maximum Gasteiger partial charge on any atom is 0.417 e. The largest absolute Gasteiger partial charge is 1.00 e. The quantitative estimate of drug-likeness (QED) is 0.237. The molecule has 1 aromatic heterocycles. The van der Waals surface area contributed by atoms with Gasteiger partial charge in [0.2, 0.25) is 11.6 Å². The molecule has 0 saturated carbocycles. The van der Waals surface area contributed by atoms with Gasteiger partial charge in [-0.05, 0) is 25.3 Å². The SMILES string of the molecule is CC[n+]1ccccc1CN(C(C)=O)C(=O)OCC1COC(OCCCc2ccccc2)C1.[I-]. The van der Waals surface area contributed by atoms with Crippen LogP contribution in [0.4, 0.5) is 4.79 Å². The Labute approximate surface area is 213 Å². The van der Waals surface area contributed by atoms with E-state index >= 15 is 0 Å². The minimum absolute atomic E-state index is 0. The highest BCUT2D eigenvalue weighted by Crippen LogP contribution is 2.21. The van der Waals surface area contributed by atoms with Gasteiger partial charge in [0, 0.05) is 31.4 Å². The van der Waals surface area contributed by atoms with Gasteiger partial charge in [-0.3, -0.25) is 4.79 Å². The Morgan fingerprint density at radius 3 is 2.64 bits per heavy atom. The Bertz CT molecular complexity index is 880. The molecule has 8 heteroatoms. The third-order valence-electron chi connectivity index (χ3n) is 5.54. The zero-order chi connectivity index (χ0) is 22.8. The van der Waals surface area contributed by atoms with Gasteiger partial charge in [0.05, 0.1) is 19.8 Å². The lowest BCUT2D eigenvalue weighted by atomic mass is 10.1. The van der Waals surface area contributed by atoms with E-state index in [0.717, 1.165) is 30.0 Å². The van der Waals surface area contributed by atoms with E-state index in [1.54, 1.807) is 0 Å². The summed E-state index contributed by atoms with van der Waals surface area (Å²) in [5, 5.41) is 0. The molecule has 1 aliphatic heterocycles. The summed E-state index contributed by atoms with van der Waals surface area (Å²) in [6.45, 7) is 5.62. The second kappa shape index (κ2) is 14.3. The molecule has 2 heterocycles. The number of aromatic nitrogens is 1. The highest BCUT2D eigenvalue weighted by Gasteiger charge is 2.29. The van der Waals surface area contributed by atoms with Crippen LogP contribution in [0.25, 0.3) is 0 Å². The molecule has 0 N–H and O–H groups in total. The fraction of sp³-hybridized carbons (Fsp3) is 0.480. The van der Waals surface area contributed by atoms with Crippen molar-refractivity contribution in [2.45, 2.75) is 52.5 Å². The number of imide groups is 1. The summed E-state index contributed by atoms with van der Waals surface area (Å²) in [6, 6.07) is 16.0. The van der Waals surface area contributed by atoms with Gasteiger partial charge in [-0.1, -0.05) is 36.4 Å². The van der Waals surface area contributed by atoms with Crippen LogP contribution in [0.3, 0.4) is 0 Å². The van der Waals surface area contributed by atoms with E-state index < -0.39 is 6.09 Å². The Balaban J connectivity index is 0.00000385. The number of carbonyl (C=O) groups is 2. The molecule has 1 aromatic carbocycles. The number of benzene rings is 1. The van der Waals surface area contributed by atoms with E-state index in [0.29, 0.717) is 19.6 Å². The first kappa shape index (κ1) is 27.2. The number of hydrogen-bond acceptors (Lipinski definition) is 5. The number of pyridine rings is 1. The van der Waals surface area contributed by atoms with Crippen molar-refractivity contribution < 1.29 is 52.3 Å². The molecule has 33 heavy (non-hydrogen) atoms. The average Bonchev–Trinajstić information content (AvgIpc) is 3.27. The van der Waals surface area contributed by atoms with E-state index in [9.17, 15) is 9.59 Å². The van der Waals surface area contributed by atoms with Crippen LogP contribution in [0.2, 0.25) is 0 Å². The normalized spacial score (nSPS) is 17.3. The van der Waals surface area contributed by atoms with Crippen LogP contribution in [0, 0.1) is 5.92 Å². The number of amides is 2. The number of rotatable bonds is 10. The van der Waals surface area contributed by atoms with E-state index in [4.69, 9.17) is 14.2 Å². The van der Waals surface area contributed by atoms with Gasteiger partial charge in [0.25, 0.3) is 0 Å². The average molecular weight is 568 g/mol. The lowest BCUT2D eigenvalue weighted by Crippen LogP contribution is -3.00. The number of carbonyl (C=O) groups excluding carboxylic acids is 2. The first-order valence-corrected chi connectivity index (χ1v) is 11.3. The van der Waals surface area contributed by atoms with Gasteiger partial charge in [0.1, 0.15) is 13.1 Å². The maximum atomic E-state index is 12.6. The predicted octanol–water partition coefficient (Wildman–Crippen LogP) is 0.495. The molecule has 1 aliphatic rings. The number of aryl methyl sites for hydroxylation is 2. The van der Waals surface area contributed by atoms with Crippen LogP contribution in [0.15, 0.2) is 54.7 Å². The van der Waals surface area contributed by atoms with E-state index in [1.807, 2.05) is 54.1 Å². The van der Waals surface area contributed by atoms with Crippen LogP contribution < -0.4 is 28.5 Å². The number of hydrogen-bond donors (Lipinski definition) is 0. The van der Waals surface area contributed by atoms with Crippen LogP contribution in [0.5, 0.6) is 0 Å². The Hall–Kier alpha value is -2.04. The Kier molecular flexibility index (Phi) is 11.8. The van der Waals surface area contributed by atoms with Crippen LogP contribution in [-0.2, 0) is 38.5 Å². The first-order valence-electron chi connectivity index (χ1n) is 11.3. The van der Waals surface area contributed by atoms with Gasteiger partial charge >= 0.3 is 6.09 Å². The zero-order valence-corrected chi connectivity index (χ0v) is 21.5. The van der Waals surface area contributed by atoms with E-state index in [2.05, 4.69) is 12.1 Å². The zero-order valence-electron chi connectivity index (χ0n) is 19.3. The Morgan fingerprint density at radius 1 is 1.15 bits per heavy atom. The molecule has 1 saturated heterocycles. The molecule has 0 bridgehead atoms. The van der Waals surface area contributed by atoms with Gasteiger partial charge < -0.3 is 38.2 Å². The molecule has 0 aliphatic carbocycles. The first-order chi connectivity index (χ1) is 15.6. The molecule has 2 aromatic rings. The summed E-state index contributed by atoms with van der Waals surface area (Å²) in [4.78, 5) is 25.8. The third kappa shape index (κ3) is 8.68. The third-order valence-corrected chi connectivity index (χ3v) is 5.54. The molecular weight excluding hydrogens is 535 g/mol. The topological polar surface area (TPSA) is 69.0 Å². The molecule has 180 valence electrons. The second-order valence-electron chi connectivity index (χ2n) is 7.98. The van der Waals surface area contributed by atoms with Crippen LogP contribution >= 0.6 is 0 Å². The molecule has 0 radical (unpaired) electrons. The number of nitrogens with zero attached hydrogens (tertiary/aromatic N) is 2. The molecule has 7 nitrogen and oxygen atoms in total. The molecule has 2 amide bonds. The highest BCUT2D eigenvalue weighted by atomic mass is 127. The fourth-order valence-electron chi connectivity index (χ4n) is 3.72. The lowest BCUT2D eigenvalue weighted by Gasteiger charge is -2.19. The van der Waals surface area contributed by atoms with Crippen molar-refractivity contribution in [1.29, 1.82) is 0 Å². The maximum absolute atomic E-state index is 12.6. The molecule has 3 rings (SSSR count). The van der Waals surface area contributed by atoms with Crippen LogP contribution in [0.1, 0.15) is 37.9 Å². The standard InChI is InChI=1S/C25H33N2O5.HI/c1-3-26-14-8-7-13-23(26)17-27(20(2)28)25(29)32-19-22-16-24(31-18-22)30-15-9-12-21-10-5-4-6-11-21;/h4-8,10-11,13-14,22,24H,3,9,12,15-19H2,1-2H3;1H/q+1;/p-1. The van der Waals surface area contributed by atoms with Crippen molar-refractivity contribution >= 4 is 12.0 Å². The molecular formula is C25H33IN2O5. The summed E-state index contributed by atoms with van der Waals surface area (Å²) in [6.07, 6.45) is 3.59. The van der Waals surface area contributed by atoms with Crippen molar-refractivity contribution in [3.8, 4) is 0 Å². The summed E-state index contributed by atoms with van der Waals surface area (Å²) in [7, 11) is 0. The Morgan fingerprint density at radius 2 is 1.91 bits per heavy atom. The minimum Gasteiger partial charge on any atom is -1.00 e. The minimum atomic E-state index is -0.628. The van der Waals surface area contributed by atoms with Crippen molar-refractivity contribution in [2.24, 2.45) is 5.92 Å². The summed E-state index contributed by atoms with van der Waals surface area (Å²) in [5.74, 6) is -0.284. The van der Waals surface area contributed by atoms with E-state index in [1.165, 1.54) is 12.5 Å². The fourth-order valence-corrected chi connectivity index (χ4v) is 3.72. The van der Waals surface area contributed by atoms with Crippen molar-refractivity contribution in [3.63, 3.8) is 0 Å². The van der Waals surface area contributed by atoms with Gasteiger partial charge in [-0.25, -0.2) is 14.3 Å². The predicted molar refractivity (Wildman–Crippen MR) is 118 cm³/mol. The van der Waals surface area contributed by atoms with Crippen molar-refractivity contribution in [1.82, 2.24) is 4.90 Å². The number of halogens is 1. The monoisotopic (exact) mass is 568 g/mol.